The predicted octanol–water partition coefficient (Wildman–Crippen LogP) is 2.69. The molecule has 10 heteroatoms. The van der Waals surface area contributed by atoms with Crippen LogP contribution in [0.4, 0.5) is 11.5 Å². The first kappa shape index (κ1) is 19.5. The van der Waals surface area contributed by atoms with Crippen LogP contribution in [0.1, 0.15) is 42.6 Å². The highest BCUT2D eigenvalue weighted by molar-refractivity contribution is 7.93. The van der Waals surface area contributed by atoms with Crippen LogP contribution in [-0.2, 0) is 9.84 Å². The number of carbonyl (C=O) groups is 1. The van der Waals surface area contributed by atoms with E-state index in [1.54, 1.807) is 23.0 Å². The zero-order chi connectivity index (χ0) is 21.9. The van der Waals surface area contributed by atoms with Gasteiger partial charge in [0.1, 0.15) is 10.6 Å². The molecule has 1 unspecified atom stereocenters. The molecule has 3 heterocycles. The third-order valence-corrected chi connectivity index (χ3v) is 8.17. The Morgan fingerprint density at radius 2 is 2.10 bits per heavy atom. The molecule has 0 saturated heterocycles. The summed E-state index contributed by atoms with van der Waals surface area (Å²) in [7, 11) is -3.66. The second-order valence-electron chi connectivity index (χ2n) is 8.01. The van der Waals surface area contributed by atoms with Gasteiger partial charge in [0.15, 0.2) is 21.4 Å². The number of sulfone groups is 1. The molecule has 1 saturated carbocycles. The predicted molar refractivity (Wildman–Crippen MR) is 113 cm³/mol. The number of nitrogens with one attached hydrogen (secondary N) is 2. The summed E-state index contributed by atoms with van der Waals surface area (Å²) in [5, 5.41) is 16.2. The standard InChI is InChI=1S/C21H19N5O4S/c1-11-19(27)14-10-13(4-5-17(14)31(11,29)30)24-20-18-16(7-9-23-21(18)28)26(25-20)15(6-8-22)12-2-3-12/h4-5,7,9-12,15H,2-3,6H2,1H3,(H,23,28)(H,24,25)/t11?,15-/m0/s1. The molecular weight excluding hydrogens is 418 g/mol. The van der Waals surface area contributed by atoms with Crippen molar-refractivity contribution >= 4 is 38.0 Å². The van der Waals surface area contributed by atoms with Crippen molar-refractivity contribution in [3.8, 4) is 6.07 Å². The van der Waals surface area contributed by atoms with Crippen molar-refractivity contribution in [3.05, 3.63) is 46.4 Å². The maximum Gasteiger partial charge on any atom is 0.261 e. The molecular formula is C21H19N5O4S. The lowest BCUT2D eigenvalue weighted by Gasteiger charge is -2.14. The van der Waals surface area contributed by atoms with E-state index in [2.05, 4.69) is 21.5 Å². The third kappa shape index (κ3) is 2.96. The largest absolute Gasteiger partial charge is 0.338 e. The highest BCUT2D eigenvalue weighted by atomic mass is 32.2. The van der Waals surface area contributed by atoms with E-state index in [0.717, 1.165) is 12.8 Å². The molecule has 3 aromatic rings. The number of rotatable bonds is 5. The number of fused-ring (bicyclic) bond motifs is 2. The van der Waals surface area contributed by atoms with Gasteiger partial charge in [-0.25, -0.2) is 8.42 Å². The topological polar surface area (TPSA) is 138 Å². The Balaban J connectivity index is 1.61. The summed E-state index contributed by atoms with van der Waals surface area (Å²) < 4.78 is 26.5. The fourth-order valence-electron chi connectivity index (χ4n) is 4.20. The number of benzene rings is 1. The summed E-state index contributed by atoms with van der Waals surface area (Å²) in [6.07, 6.45) is 3.86. The second kappa shape index (κ2) is 6.78. The van der Waals surface area contributed by atoms with E-state index in [9.17, 15) is 23.3 Å². The minimum Gasteiger partial charge on any atom is -0.338 e. The molecule has 0 bridgehead atoms. The number of carbonyl (C=O) groups excluding carboxylic acids is 1. The van der Waals surface area contributed by atoms with E-state index >= 15 is 0 Å². The van der Waals surface area contributed by atoms with Crippen LogP contribution in [-0.4, -0.2) is 34.2 Å². The molecule has 2 N–H and O–H groups in total. The SMILES string of the molecule is CC1C(=O)c2cc(Nc3nn([C@@H](CC#N)C4CC4)c4cc[nH]c(=O)c34)ccc2S1(=O)=O. The van der Waals surface area contributed by atoms with Gasteiger partial charge in [0.25, 0.3) is 5.56 Å². The minimum absolute atomic E-state index is 0.0200. The summed E-state index contributed by atoms with van der Waals surface area (Å²) in [5.74, 6) is 0.190. The lowest BCUT2D eigenvalue weighted by molar-refractivity contribution is 0.0994. The summed E-state index contributed by atoms with van der Waals surface area (Å²) in [6.45, 7) is 1.38. The maximum absolute atomic E-state index is 12.6. The molecule has 0 spiro atoms. The van der Waals surface area contributed by atoms with E-state index in [0.29, 0.717) is 28.3 Å². The first-order chi connectivity index (χ1) is 14.8. The lowest BCUT2D eigenvalue weighted by Crippen LogP contribution is -2.17. The average molecular weight is 437 g/mol. The number of nitrogens with zero attached hydrogens (tertiary/aromatic N) is 3. The Labute approximate surface area is 177 Å². The molecule has 2 atom stereocenters. The van der Waals surface area contributed by atoms with Gasteiger partial charge in [0.05, 0.1) is 28.9 Å². The monoisotopic (exact) mass is 437 g/mol. The number of aromatic amines is 1. The number of anilines is 2. The molecule has 5 rings (SSSR count). The van der Waals surface area contributed by atoms with Crippen molar-refractivity contribution < 1.29 is 13.2 Å². The number of hydrogen-bond acceptors (Lipinski definition) is 7. The number of ketones is 1. The van der Waals surface area contributed by atoms with Crippen LogP contribution in [0.15, 0.2) is 40.2 Å². The van der Waals surface area contributed by atoms with Crippen molar-refractivity contribution in [1.82, 2.24) is 14.8 Å². The second-order valence-corrected chi connectivity index (χ2v) is 10.3. The van der Waals surface area contributed by atoms with Gasteiger partial charge in [-0.3, -0.25) is 14.3 Å². The Kier molecular flexibility index (Phi) is 4.27. The molecule has 1 aliphatic carbocycles. The number of nitriles is 1. The minimum atomic E-state index is -3.66. The van der Waals surface area contributed by atoms with Gasteiger partial charge in [-0.1, -0.05) is 0 Å². The number of Topliss-reactive ketones (excluding diaryl/α,β-unsaturated/α-hetero) is 1. The highest BCUT2D eigenvalue weighted by Gasteiger charge is 2.41. The Morgan fingerprint density at radius 3 is 2.81 bits per heavy atom. The maximum atomic E-state index is 12.6. The van der Waals surface area contributed by atoms with Gasteiger partial charge in [-0.2, -0.15) is 10.4 Å². The van der Waals surface area contributed by atoms with Crippen molar-refractivity contribution in [3.63, 3.8) is 0 Å². The molecule has 31 heavy (non-hydrogen) atoms. The van der Waals surface area contributed by atoms with Crippen molar-refractivity contribution in [2.75, 3.05) is 5.32 Å². The molecule has 1 aromatic carbocycles. The molecule has 1 aliphatic heterocycles. The number of pyridine rings is 1. The van der Waals surface area contributed by atoms with Crippen LogP contribution < -0.4 is 10.9 Å². The quantitative estimate of drug-likeness (QED) is 0.626. The number of aromatic nitrogens is 3. The van der Waals surface area contributed by atoms with E-state index in [1.165, 1.54) is 19.1 Å². The number of hydrogen-bond donors (Lipinski definition) is 2. The summed E-state index contributed by atoms with van der Waals surface area (Å²) >= 11 is 0. The molecule has 2 aliphatic rings. The van der Waals surface area contributed by atoms with Crippen LogP contribution >= 0.6 is 0 Å². The first-order valence-corrected chi connectivity index (χ1v) is 11.5. The van der Waals surface area contributed by atoms with E-state index in [-0.39, 0.29) is 28.5 Å². The van der Waals surface area contributed by atoms with Crippen LogP contribution in [0.3, 0.4) is 0 Å². The van der Waals surface area contributed by atoms with Gasteiger partial charge in [-0.15, -0.1) is 0 Å². The van der Waals surface area contributed by atoms with E-state index < -0.39 is 20.9 Å². The number of H-pyrrole nitrogens is 1. The molecule has 1 fully saturated rings. The molecule has 9 nitrogen and oxygen atoms in total. The van der Waals surface area contributed by atoms with E-state index in [4.69, 9.17) is 0 Å². The van der Waals surface area contributed by atoms with Crippen LogP contribution in [0.25, 0.3) is 10.9 Å². The van der Waals surface area contributed by atoms with Crippen LogP contribution in [0.2, 0.25) is 0 Å². The van der Waals surface area contributed by atoms with Crippen LogP contribution in [0, 0.1) is 17.2 Å². The van der Waals surface area contributed by atoms with Gasteiger partial charge < -0.3 is 10.3 Å². The first-order valence-electron chi connectivity index (χ1n) is 9.99. The Morgan fingerprint density at radius 1 is 1.32 bits per heavy atom. The van der Waals surface area contributed by atoms with E-state index in [1.807, 2.05) is 0 Å². The van der Waals surface area contributed by atoms with Gasteiger partial charge >= 0.3 is 0 Å². The smallest absolute Gasteiger partial charge is 0.261 e. The van der Waals surface area contributed by atoms with Gasteiger partial charge in [0, 0.05) is 17.4 Å². The third-order valence-electron chi connectivity index (χ3n) is 6.06. The van der Waals surface area contributed by atoms with Gasteiger partial charge in [0.2, 0.25) is 0 Å². The van der Waals surface area contributed by atoms with Crippen molar-refractivity contribution in [2.45, 2.75) is 42.4 Å². The Hall–Kier alpha value is -3.45. The highest BCUT2D eigenvalue weighted by Crippen LogP contribution is 2.43. The van der Waals surface area contributed by atoms with Crippen LogP contribution in [0.5, 0.6) is 0 Å². The zero-order valence-electron chi connectivity index (χ0n) is 16.6. The fraction of sp³-hybridized carbons (Fsp3) is 0.333. The zero-order valence-corrected chi connectivity index (χ0v) is 17.4. The molecule has 0 radical (unpaired) electrons. The normalized spacial score (nSPS) is 20.4. The summed E-state index contributed by atoms with van der Waals surface area (Å²) in [6, 6.07) is 8.27. The fourth-order valence-corrected chi connectivity index (χ4v) is 5.72. The summed E-state index contributed by atoms with van der Waals surface area (Å²) in [5.41, 5.74) is 0.878. The summed E-state index contributed by atoms with van der Waals surface area (Å²) in [4.78, 5) is 27.7. The van der Waals surface area contributed by atoms with Gasteiger partial charge in [-0.05, 0) is 49.9 Å². The average Bonchev–Trinajstić information content (AvgIpc) is 3.50. The van der Waals surface area contributed by atoms with Crippen molar-refractivity contribution in [1.29, 1.82) is 5.26 Å². The molecule has 158 valence electrons. The Bertz CT molecular complexity index is 1440. The molecule has 0 amide bonds. The lowest BCUT2D eigenvalue weighted by atomic mass is 10.1. The van der Waals surface area contributed by atoms with Crippen molar-refractivity contribution in [2.24, 2.45) is 5.92 Å². The molecule has 2 aromatic heterocycles.